The van der Waals surface area contributed by atoms with E-state index >= 15 is 0 Å². The van der Waals surface area contributed by atoms with Gasteiger partial charge in [-0.3, -0.25) is 0 Å². The molecule has 1 aromatic rings. The SMILES string of the molecule is Cc1c(O)cc2c(c1C)OC(C)(C)C=C2. The smallest absolute Gasteiger partial charge is 0.131 e. The van der Waals surface area contributed by atoms with Crippen LogP contribution in [0.15, 0.2) is 12.1 Å². The monoisotopic (exact) mass is 204 g/mol. The molecule has 0 saturated heterocycles. The minimum atomic E-state index is -0.263. The maximum atomic E-state index is 9.70. The van der Waals surface area contributed by atoms with Gasteiger partial charge in [-0.05, 0) is 51.0 Å². The molecule has 1 N–H and O–H groups in total. The van der Waals surface area contributed by atoms with E-state index in [1.165, 1.54) is 0 Å². The first-order chi connectivity index (χ1) is 6.91. The third-order valence-corrected chi connectivity index (χ3v) is 2.87. The first kappa shape index (κ1) is 10.1. The lowest BCUT2D eigenvalue weighted by atomic mass is 9.97. The average molecular weight is 204 g/mol. The molecule has 0 fully saturated rings. The lowest BCUT2D eigenvalue weighted by Gasteiger charge is -2.29. The summed E-state index contributed by atoms with van der Waals surface area (Å²) in [4.78, 5) is 0. The van der Waals surface area contributed by atoms with Crippen LogP contribution in [0, 0.1) is 13.8 Å². The summed E-state index contributed by atoms with van der Waals surface area (Å²) in [5, 5.41) is 9.70. The molecular weight excluding hydrogens is 188 g/mol. The summed E-state index contributed by atoms with van der Waals surface area (Å²) in [6.07, 6.45) is 4.01. The van der Waals surface area contributed by atoms with Gasteiger partial charge in [0.2, 0.25) is 0 Å². The molecule has 2 nitrogen and oxygen atoms in total. The molecule has 1 aliphatic rings. The van der Waals surface area contributed by atoms with Gasteiger partial charge in [0, 0.05) is 5.56 Å². The molecule has 2 heteroatoms. The number of phenolic OH excluding ortho intramolecular Hbond substituents is 1. The first-order valence-electron chi connectivity index (χ1n) is 5.12. The lowest BCUT2D eigenvalue weighted by Crippen LogP contribution is -2.28. The van der Waals surface area contributed by atoms with Crippen molar-refractivity contribution in [1.29, 1.82) is 0 Å². The summed E-state index contributed by atoms with van der Waals surface area (Å²) in [6.45, 7) is 7.92. The van der Waals surface area contributed by atoms with Gasteiger partial charge in [-0.2, -0.15) is 0 Å². The molecule has 0 bridgehead atoms. The quantitative estimate of drug-likeness (QED) is 0.703. The number of benzene rings is 1. The Hall–Kier alpha value is -1.44. The van der Waals surface area contributed by atoms with Gasteiger partial charge in [0.1, 0.15) is 17.1 Å². The van der Waals surface area contributed by atoms with Crippen LogP contribution in [0.4, 0.5) is 0 Å². The number of hydrogen-bond acceptors (Lipinski definition) is 2. The number of fused-ring (bicyclic) bond motifs is 1. The lowest BCUT2D eigenvalue weighted by molar-refractivity contribution is 0.157. The van der Waals surface area contributed by atoms with E-state index < -0.39 is 0 Å². The van der Waals surface area contributed by atoms with Gasteiger partial charge in [0.05, 0.1) is 0 Å². The molecule has 0 spiro atoms. The van der Waals surface area contributed by atoms with Crippen molar-refractivity contribution in [2.45, 2.75) is 33.3 Å². The van der Waals surface area contributed by atoms with Gasteiger partial charge in [-0.15, -0.1) is 0 Å². The number of ether oxygens (including phenoxy) is 1. The fourth-order valence-corrected chi connectivity index (χ4v) is 1.75. The molecule has 2 rings (SSSR count). The zero-order valence-electron chi connectivity index (χ0n) is 9.59. The maximum absolute atomic E-state index is 9.70. The van der Waals surface area contributed by atoms with Crippen LogP contribution < -0.4 is 4.74 Å². The fraction of sp³-hybridized carbons (Fsp3) is 0.385. The van der Waals surface area contributed by atoms with E-state index in [1.807, 2.05) is 39.8 Å². The van der Waals surface area contributed by atoms with Crippen LogP contribution in [-0.4, -0.2) is 10.7 Å². The molecule has 0 radical (unpaired) electrons. The summed E-state index contributed by atoms with van der Waals surface area (Å²) >= 11 is 0. The number of aromatic hydroxyl groups is 1. The van der Waals surface area contributed by atoms with Crippen LogP contribution in [-0.2, 0) is 0 Å². The van der Waals surface area contributed by atoms with Crippen LogP contribution >= 0.6 is 0 Å². The van der Waals surface area contributed by atoms with Gasteiger partial charge in [0.15, 0.2) is 0 Å². The molecule has 1 aromatic carbocycles. The molecule has 0 aliphatic carbocycles. The van der Waals surface area contributed by atoms with Crippen LogP contribution in [0.3, 0.4) is 0 Å². The van der Waals surface area contributed by atoms with E-state index in [2.05, 4.69) is 0 Å². The highest BCUT2D eigenvalue weighted by atomic mass is 16.5. The Bertz CT molecular complexity index is 442. The van der Waals surface area contributed by atoms with Crippen molar-refractivity contribution in [2.24, 2.45) is 0 Å². The second kappa shape index (κ2) is 3.02. The molecular formula is C13H16O2. The Balaban J connectivity index is 2.63. The van der Waals surface area contributed by atoms with E-state index in [1.54, 1.807) is 6.07 Å². The molecule has 15 heavy (non-hydrogen) atoms. The predicted octanol–water partition coefficient (Wildman–Crippen LogP) is 3.19. The zero-order valence-corrected chi connectivity index (χ0v) is 9.59. The highest BCUT2D eigenvalue weighted by Crippen LogP contribution is 2.38. The number of rotatable bonds is 0. The number of phenols is 1. The predicted molar refractivity (Wildman–Crippen MR) is 61.3 cm³/mol. The van der Waals surface area contributed by atoms with E-state index in [9.17, 15) is 5.11 Å². The first-order valence-corrected chi connectivity index (χ1v) is 5.12. The van der Waals surface area contributed by atoms with E-state index in [0.717, 1.165) is 22.4 Å². The van der Waals surface area contributed by atoms with Crippen LogP contribution in [0.1, 0.15) is 30.5 Å². The Kier molecular flexibility index (Phi) is 2.03. The third kappa shape index (κ3) is 1.60. The van der Waals surface area contributed by atoms with E-state index in [4.69, 9.17) is 4.74 Å². The van der Waals surface area contributed by atoms with Crippen molar-refractivity contribution >= 4 is 6.08 Å². The Labute approximate surface area is 90.2 Å². The third-order valence-electron chi connectivity index (χ3n) is 2.87. The van der Waals surface area contributed by atoms with Gasteiger partial charge in [0.25, 0.3) is 0 Å². The molecule has 0 amide bonds. The minimum Gasteiger partial charge on any atom is -0.508 e. The summed E-state index contributed by atoms with van der Waals surface area (Å²) < 4.78 is 5.89. The van der Waals surface area contributed by atoms with Gasteiger partial charge < -0.3 is 9.84 Å². The zero-order chi connectivity index (χ0) is 11.2. The number of hydrogen-bond donors (Lipinski definition) is 1. The van der Waals surface area contributed by atoms with E-state index in [0.29, 0.717) is 5.75 Å². The Morgan fingerprint density at radius 2 is 1.87 bits per heavy atom. The minimum absolute atomic E-state index is 0.263. The normalized spacial score (nSPS) is 17.1. The van der Waals surface area contributed by atoms with Crippen molar-refractivity contribution in [3.63, 3.8) is 0 Å². The van der Waals surface area contributed by atoms with Gasteiger partial charge >= 0.3 is 0 Å². The molecule has 0 unspecified atom stereocenters. The average Bonchev–Trinajstić information content (AvgIpc) is 2.16. The van der Waals surface area contributed by atoms with Crippen LogP contribution in [0.2, 0.25) is 0 Å². The largest absolute Gasteiger partial charge is 0.508 e. The summed E-state index contributed by atoms with van der Waals surface area (Å²) in [5.74, 6) is 1.22. The molecule has 0 saturated carbocycles. The summed E-state index contributed by atoms with van der Waals surface area (Å²) in [5.41, 5.74) is 2.60. The molecule has 80 valence electrons. The Morgan fingerprint density at radius 3 is 2.53 bits per heavy atom. The molecule has 1 aliphatic heterocycles. The molecule has 0 aromatic heterocycles. The fourth-order valence-electron chi connectivity index (χ4n) is 1.75. The van der Waals surface area contributed by atoms with Crippen molar-refractivity contribution in [1.82, 2.24) is 0 Å². The maximum Gasteiger partial charge on any atom is 0.131 e. The topological polar surface area (TPSA) is 29.5 Å². The summed E-state index contributed by atoms with van der Waals surface area (Å²) in [6, 6.07) is 1.75. The van der Waals surface area contributed by atoms with Crippen molar-refractivity contribution < 1.29 is 9.84 Å². The second-order valence-electron chi connectivity index (χ2n) is 4.60. The van der Waals surface area contributed by atoms with E-state index in [-0.39, 0.29) is 5.60 Å². The van der Waals surface area contributed by atoms with Gasteiger partial charge in [-0.1, -0.05) is 6.08 Å². The highest BCUT2D eigenvalue weighted by molar-refractivity contribution is 5.67. The Morgan fingerprint density at radius 1 is 1.20 bits per heavy atom. The van der Waals surface area contributed by atoms with Crippen LogP contribution in [0.5, 0.6) is 11.5 Å². The van der Waals surface area contributed by atoms with Crippen molar-refractivity contribution in [3.05, 3.63) is 28.8 Å². The molecule has 0 atom stereocenters. The van der Waals surface area contributed by atoms with Crippen LogP contribution in [0.25, 0.3) is 6.08 Å². The molecule has 1 heterocycles. The van der Waals surface area contributed by atoms with Crippen molar-refractivity contribution in [2.75, 3.05) is 0 Å². The summed E-state index contributed by atoms with van der Waals surface area (Å²) in [7, 11) is 0. The standard InChI is InChI=1S/C13H16O2/c1-8-9(2)12-10(7-11(8)14)5-6-13(3,4)15-12/h5-7,14H,1-4H3. The van der Waals surface area contributed by atoms with Gasteiger partial charge in [-0.25, -0.2) is 0 Å². The highest BCUT2D eigenvalue weighted by Gasteiger charge is 2.24. The van der Waals surface area contributed by atoms with Crippen molar-refractivity contribution in [3.8, 4) is 11.5 Å². The second-order valence-corrected chi connectivity index (χ2v) is 4.60.